The number of nitrogens with one attached hydrogen (secondary N) is 3. The molecule has 0 bridgehead atoms. The number of rotatable bonds is 10. The molecule has 0 aliphatic heterocycles. The number of amides is 2. The summed E-state index contributed by atoms with van der Waals surface area (Å²) in [6.07, 6.45) is 4.65. The minimum Gasteiger partial charge on any atom is -0.398 e. The van der Waals surface area contributed by atoms with Crippen molar-refractivity contribution in [3.63, 3.8) is 0 Å². The van der Waals surface area contributed by atoms with E-state index in [1.165, 1.54) is 11.1 Å². The largest absolute Gasteiger partial charge is 0.398 e. The number of benzene rings is 3. The van der Waals surface area contributed by atoms with Crippen molar-refractivity contribution in [3.8, 4) is 0 Å². The number of fused-ring (bicyclic) bond motifs is 2. The third-order valence-electron chi connectivity index (χ3n) is 8.50. The van der Waals surface area contributed by atoms with Gasteiger partial charge in [-0.15, -0.1) is 0 Å². The molecule has 0 saturated heterocycles. The zero-order chi connectivity index (χ0) is 31.9. The van der Waals surface area contributed by atoms with Crippen molar-refractivity contribution in [1.82, 2.24) is 10.6 Å². The van der Waals surface area contributed by atoms with E-state index in [1.54, 1.807) is 12.1 Å². The van der Waals surface area contributed by atoms with Crippen LogP contribution in [0.4, 0.5) is 11.4 Å². The van der Waals surface area contributed by atoms with Gasteiger partial charge in [-0.1, -0.05) is 64.1 Å². The van der Waals surface area contributed by atoms with Crippen LogP contribution in [0, 0.1) is 11.8 Å². The van der Waals surface area contributed by atoms with Crippen LogP contribution in [-0.2, 0) is 45.3 Å². The summed E-state index contributed by atoms with van der Waals surface area (Å²) in [5.74, 6) is 1.33. The quantitative estimate of drug-likeness (QED) is 0.227. The van der Waals surface area contributed by atoms with Crippen molar-refractivity contribution in [3.05, 3.63) is 88.5 Å². The summed E-state index contributed by atoms with van der Waals surface area (Å²) in [5, 5.41) is 5.89. The number of sulfonamides is 1. The second kappa shape index (κ2) is 14.8. The summed E-state index contributed by atoms with van der Waals surface area (Å²) < 4.78 is 28.5. The monoisotopic (exact) mass is 618 g/mol. The van der Waals surface area contributed by atoms with Gasteiger partial charge in [0, 0.05) is 31.6 Å². The Labute approximate surface area is 262 Å². The number of carbonyl (C=O) groups excluding carboxylic acids is 2. The van der Waals surface area contributed by atoms with Crippen molar-refractivity contribution in [2.75, 3.05) is 23.5 Å². The minimum absolute atomic E-state index is 0.0433. The predicted octanol–water partition coefficient (Wildman–Crippen LogP) is 5.36. The molecule has 0 saturated carbocycles. The molecule has 5 N–H and O–H groups in total. The molecule has 9 heteroatoms. The predicted molar refractivity (Wildman–Crippen MR) is 177 cm³/mol. The second-order valence-corrected chi connectivity index (χ2v) is 13.8. The molecule has 3 aromatic carbocycles. The van der Waals surface area contributed by atoms with E-state index < -0.39 is 10.0 Å². The maximum absolute atomic E-state index is 12.8. The Morgan fingerprint density at radius 3 is 1.82 bits per heavy atom. The van der Waals surface area contributed by atoms with Gasteiger partial charge in [-0.2, -0.15) is 0 Å². The first-order valence-corrected chi connectivity index (χ1v) is 17.1. The fourth-order valence-corrected chi connectivity index (χ4v) is 6.98. The smallest absolute Gasteiger partial charge is 0.261 e. The third kappa shape index (κ3) is 8.40. The lowest BCUT2D eigenvalue weighted by Gasteiger charge is -2.13. The van der Waals surface area contributed by atoms with Crippen molar-refractivity contribution in [2.24, 2.45) is 11.8 Å². The molecule has 236 valence electrons. The van der Waals surface area contributed by atoms with Gasteiger partial charge in [0.2, 0.25) is 11.8 Å². The van der Waals surface area contributed by atoms with Gasteiger partial charge >= 0.3 is 0 Å². The second-order valence-electron chi connectivity index (χ2n) is 12.1. The number of anilines is 2. The highest BCUT2D eigenvalue weighted by atomic mass is 32.2. The normalized spacial score (nSPS) is 16.8. The number of hydrogen-bond donors (Lipinski definition) is 4. The lowest BCUT2D eigenvalue weighted by Crippen LogP contribution is -2.28. The van der Waals surface area contributed by atoms with E-state index in [0.717, 1.165) is 54.6 Å². The Morgan fingerprint density at radius 2 is 1.30 bits per heavy atom. The zero-order valence-electron chi connectivity index (χ0n) is 26.3. The Balaban J connectivity index is 0.000000233. The average Bonchev–Trinajstić information content (AvgIpc) is 3.64. The molecule has 2 aliphatic carbocycles. The van der Waals surface area contributed by atoms with Gasteiger partial charge in [0.1, 0.15) is 0 Å². The molecule has 5 rings (SSSR count). The molecule has 44 heavy (non-hydrogen) atoms. The van der Waals surface area contributed by atoms with Crippen LogP contribution in [-0.4, -0.2) is 33.3 Å². The van der Waals surface area contributed by atoms with Gasteiger partial charge in [0.25, 0.3) is 10.0 Å². The van der Waals surface area contributed by atoms with E-state index in [0.29, 0.717) is 42.8 Å². The summed E-state index contributed by atoms with van der Waals surface area (Å²) in [7, 11) is -3.64. The number of carbonyl (C=O) groups is 2. The lowest BCUT2D eigenvalue weighted by atomic mass is 10.0. The molecule has 2 atom stereocenters. The molecular formula is C35H46N4O4S. The Morgan fingerprint density at radius 1 is 0.773 bits per heavy atom. The summed E-state index contributed by atoms with van der Waals surface area (Å²) in [6.45, 7) is 9.24. The van der Waals surface area contributed by atoms with Gasteiger partial charge < -0.3 is 16.4 Å². The molecule has 2 amide bonds. The molecule has 8 nitrogen and oxygen atoms in total. The van der Waals surface area contributed by atoms with Crippen LogP contribution >= 0.6 is 0 Å². The highest BCUT2D eigenvalue weighted by molar-refractivity contribution is 7.92. The molecule has 0 radical (unpaired) electrons. The summed E-state index contributed by atoms with van der Waals surface area (Å²) >= 11 is 0. The molecule has 0 aromatic heterocycles. The molecular weight excluding hydrogens is 572 g/mol. The number of hydrogen-bond acceptors (Lipinski definition) is 5. The summed E-state index contributed by atoms with van der Waals surface area (Å²) in [4.78, 5) is 23.0. The molecule has 0 fully saturated rings. The van der Waals surface area contributed by atoms with E-state index in [1.807, 2.05) is 56.3 Å². The standard InChI is InChI=1S/C22H28N2O3S.C13H18N2O/c1-4-22(25)23-14-16-12-18-6-5-7-21(20(18)13-16)24-28(26,27)19-10-8-17(9-11-19)15(2)3;1-2-13(16)15-8-9-6-10-4-3-5-12(14)11(10)7-9/h5-11,15-16,24H,4,12-14H2,1-3H3,(H,23,25);3-5,9H,2,6-8,14H2,1H3,(H,15,16). The van der Waals surface area contributed by atoms with Gasteiger partial charge in [0.15, 0.2) is 0 Å². The maximum Gasteiger partial charge on any atom is 0.261 e. The van der Waals surface area contributed by atoms with E-state index in [4.69, 9.17) is 5.73 Å². The molecule has 3 aromatic rings. The van der Waals surface area contributed by atoms with Gasteiger partial charge in [0.05, 0.1) is 10.6 Å². The van der Waals surface area contributed by atoms with Crippen LogP contribution in [0.3, 0.4) is 0 Å². The van der Waals surface area contributed by atoms with Gasteiger partial charge in [-0.3, -0.25) is 14.3 Å². The first-order valence-electron chi connectivity index (χ1n) is 15.6. The fourth-order valence-electron chi connectivity index (χ4n) is 5.89. The van der Waals surface area contributed by atoms with Gasteiger partial charge in [-0.25, -0.2) is 8.42 Å². The fraction of sp³-hybridized carbons (Fsp3) is 0.429. The first-order chi connectivity index (χ1) is 21.0. The highest BCUT2D eigenvalue weighted by Crippen LogP contribution is 2.34. The van der Waals surface area contributed by atoms with Gasteiger partial charge in [-0.05, 0) is 95.5 Å². The van der Waals surface area contributed by atoms with Crippen LogP contribution in [0.2, 0.25) is 0 Å². The van der Waals surface area contributed by atoms with E-state index in [2.05, 4.69) is 35.3 Å². The van der Waals surface area contributed by atoms with E-state index >= 15 is 0 Å². The van der Waals surface area contributed by atoms with Crippen molar-refractivity contribution in [2.45, 2.75) is 77.0 Å². The summed E-state index contributed by atoms with van der Waals surface area (Å²) in [5.41, 5.74) is 13.4. The van der Waals surface area contributed by atoms with Crippen LogP contribution in [0.5, 0.6) is 0 Å². The molecule has 0 heterocycles. The Hall–Kier alpha value is -3.85. The molecule has 2 unspecified atom stereocenters. The van der Waals surface area contributed by atoms with Crippen LogP contribution in [0.25, 0.3) is 0 Å². The first kappa shape index (κ1) is 33.1. The minimum atomic E-state index is -3.64. The third-order valence-corrected chi connectivity index (χ3v) is 9.89. The Kier molecular flexibility index (Phi) is 11.1. The lowest BCUT2D eigenvalue weighted by molar-refractivity contribution is -0.121. The molecule has 0 spiro atoms. The molecule has 2 aliphatic rings. The van der Waals surface area contributed by atoms with Crippen LogP contribution < -0.4 is 21.1 Å². The topological polar surface area (TPSA) is 130 Å². The van der Waals surface area contributed by atoms with Crippen molar-refractivity contribution < 1.29 is 18.0 Å². The van der Waals surface area contributed by atoms with Crippen LogP contribution in [0.15, 0.2) is 65.6 Å². The van der Waals surface area contributed by atoms with Crippen molar-refractivity contribution >= 4 is 33.2 Å². The number of nitrogens with two attached hydrogens (primary N) is 1. The zero-order valence-corrected chi connectivity index (χ0v) is 27.1. The Bertz CT molecular complexity index is 1570. The van der Waals surface area contributed by atoms with E-state index in [-0.39, 0.29) is 16.7 Å². The maximum atomic E-state index is 12.8. The van der Waals surface area contributed by atoms with Crippen LogP contribution in [0.1, 0.15) is 74.3 Å². The average molecular weight is 619 g/mol. The SMILES string of the molecule is CCC(=O)NCC1Cc2cccc(N)c2C1.CCC(=O)NCC1Cc2cccc(NS(=O)(=O)c3ccc(C(C)C)cc3)c2C1. The van der Waals surface area contributed by atoms with E-state index in [9.17, 15) is 18.0 Å². The summed E-state index contributed by atoms with van der Waals surface area (Å²) in [6, 6.07) is 18.8. The highest BCUT2D eigenvalue weighted by Gasteiger charge is 2.26. The number of nitrogen functional groups attached to an aromatic ring is 1. The van der Waals surface area contributed by atoms with Crippen molar-refractivity contribution in [1.29, 1.82) is 0 Å².